The fraction of sp³-hybridized carbons (Fsp3) is 0.542. The number of nitrogen functional groups attached to an aromatic ring is 1. The normalized spacial score (nSPS) is 19.9. The van der Waals surface area contributed by atoms with Crippen molar-refractivity contribution in [1.29, 1.82) is 0 Å². The largest absolute Gasteiger partial charge is 0.491 e. The summed E-state index contributed by atoms with van der Waals surface area (Å²) in [6.45, 7) is 1.83. The van der Waals surface area contributed by atoms with Crippen molar-refractivity contribution in [3.05, 3.63) is 34.9 Å². The second kappa shape index (κ2) is 11.4. The number of carbonyl (C=O) groups is 1. The van der Waals surface area contributed by atoms with Gasteiger partial charge in [0.2, 0.25) is 17.9 Å². The van der Waals surface area contributed by atoms with E-state index in [4.69, 9.17) is 31.5 Å². The van der Waals surface area contributed by atoms with Gasteiger partial charge in [-0.3, -0.25) is 4.79 Å². The van der Waals surface area contributed by atoms with Crippen LogP contribution in [0.5, 0.6) is 11.6 Å². The van der Waals surface area contributed by atoms with Crippen molar-refractivity contribution in [1.82, 2.24) is 15.3 Å². The Bertz CT molecular complexity index is 1150. The highest BCUT2D eigenvalue weighted by atomic mass is 35.5. The molecule has 0 aliphatic carbocycles. The molecule has 1 aromatic carbocycles. The van der Waals surface area contributed by atoms with Gasteiger partial charge in [-0.05, 0) is 42.9 Å². The minimum absolute atomic E-state index is 0.0121. The van der Waals surface area contributed by atoms with Gasteiger partial charge in [0.05, 0.1) is 6.61 Å². The van der Waals surface area contributed by atoms with Crippen LogP contribution in [0.15, 0.2) is 24.3 Å². The number of nitrogens with one attached hydrogen (secondary N) is 1. The number of hydrogen-bond donors (Lipinski definition) is 3. The van der Waals surface area contributed by atoms with E-state index in [2.05, 4.69) is 15.3 Å². The number of ether oxygens (including phenoxy) is 3. The lowest BCUT2D eigenvalue weighted by molar-refractivity contribution is -0.199. The Morgan fingerprint density at radius 3 is 2.66 bits per heavy atom. The van der Waals surface area contributed by atoms with Crippen LogP contribution in [0.25, 0.3) is 0 Å². The number of hydrogen-bond acceptors (Lipinski definition) is 9. The minimum Gasteiger partial charge on any atom is -0.491 e. The molecule has 14 heteroatoms. The molecular formula is C24H29ClF3N5O5. The van der Waals surface area contributed by atoms with E-state index >= 15 is 0 Å². The summed E-state index contributed by atoms with van der Waals surface area (Å²) in [7, 11) is 1.44. The molecule has 2 aliphatic rings. The van der Waals surface area contributed by atoms with Gasteiger partial charge in [0, 0.05) is 43.4 Å². The first-order chi connectivity index (χ1) is 18.0. The maximum Gasteiger partial charge on any atom is 0.429 e. The fourth-order valence-electron chi connectivity index (χ4n) is 4.85. The van der Waals surface area contributed by atoms with Crippen LogP contribution < -0.4 is 25.4 Å². The van der Waals surface area contributed by atoms with Gasteiger partial charge in [-0.15, -0.1) is 0 Å². The highest BCUT2D eigenvalue weighted by Gasteiger charge is 2.46. The van der Waals surface area contributed by atoms with Crippen LogP contribution in [-0.4, -0.2) is 73.2 Å². The monoisotopic (exact) mass is 559 g/mol. The zero-order valence-electron chi connectivity index (χ0n) is 20.6. The van der Waals surface area contributed by atoms with Crippen LogP contribution in [-0.2, 0) is 9.53 Å². The summed E-state index contributed by atoms with van der Waals surface area (Å²) in [5, 5.41) is 12.5. The van der Waals surface area contributed by atoms with Crippen LogP contribution in [0, 0.1) is 5.41 Å². The number of anilines is 2. The van der Waals surface area contributed by atoms with Crippen LogP contribution in [0.3, 0.4) is 0 Å². The van der Waals surface area contributed by atoms with Gasteiger partial charge in [0.25, 0.3) is 0 Å². The molecule has 0 radical (unpaired) electrons. The van der Waals surface area contributed by atoms with Crippen molar-refractivity contribution in [2.45, 2.75) is 37.6 Å². The highest BCUT2D eigenvalue weighted by molar-refractivity contribution is 6.30. The maximum atomic E-state index is 14.2. The number of nitrogens with two attached hydrogens (primary N) is 1. The summed E-state index contributed by atoms with van der Waals surface area (Å²) < 4.78 is 58.4. The van der Waals surface area contributed by atoms with E-state index in [-0.39, 0.29) is 46.8 Å². The second-order valence-electron chi connectivity index (χ2n) is 9.45. The van der Waals surface area contributed by atoms with Crippen LogP contribution in [0.4, 0.5) is 24.9 Å². The number of aliphatic carboxylic acids is 1. The molecule has 10 nitrogen and oxygen atoms in total. The average Bonchev–Trinajstić information content (AvgIpc) is 3.26. The predicted molar refractivity (Wildman–Crippen MR) is 133 cm³/mol. The second-order valence-corrected chi connectivity index (χ2v) is 9.88. The number of nitrogens with zero attached hydrogens (tertiary/aromatic N) is 3. The average molecular weight is 560 g/mol. The smallest absolute Gasteiger partial charge is 0.429 e. The van der Waals surface area contributed by atoms with Gasteiger partial charge in [-0.1, -0.05) is 11.6 Å². The molecule has 2 fully saturated rings. The van der Waals surface area contributed by atoms with E-state index in [0.29, 0.717) is 44.7 Å². The number of methoxy groups -OCH3 is 1. The number of piperidine rings is 1. The molecule has 2 saturated heterocycles. The Morgan fingerprint density at radius 1 is 1.29 bits per heavy atom. The van der Waals surface area contributed by atoms with Gasteiger partial charge in [-0.2, -0.15) is 23.1 Å². The summed E-state index contributed by atoms with van der Waals surface area (Å²) in [5.41, 5.74) is 5.42. The van der Waals surface area contributed by atoms with Crippen molar-refractivity contribution in [3.8, 4) is 11.6 Å². The van der Waals surface area contributed by atoms with E-state index < -0.39 is 24.3 Å². The third kappa shape index (κ3) is 6.51. The molecule has 0 bridgehead atoms. The molecule has 4 N–H and O–H groups in total. The number of carboxylic acids is 1. The Kier molecular flexibility index (Phi) is 8.38. The van der Waals surface area contributed by atoms with Crippen LogP contribution >= 0.6 is 11.6 Å². The third-order valence-corrected chi connectivity index (χ3v) is 7.09. The highest BCUT2D eigenvalue weighted by Crippen LogP contribution is 2.43. The topological polar surface area (TPSA) is 132 Å². The van der Waals surface area contributed by atoms with Crippen molar-refractivity contribution in [2.75, 3.05) is 50.6 Å². The van der Waals surface area contributed by atoms with Crippen LogP contribution in [0.1, 0.15) is 30.9 Å². The number of benzene rings is 1. The Hall–Kier alpha value is -3.03. The van der Waals surface area contributed by atoms with Gasteiger partial charge < -0.3 is 35.3 Å². The maximum absolute atomic E-state index is 14.2. The minimum atomic E-state index is -4.82. The standard InChI is InChI=1S/C24H29ClF3N5O5/c1-36-8-9-37-17-10-14(25)2-3-15(17)20(24(26,27)28)38-19-11-18(31-22(29)32-19)33-6-4-23(5-7-33)12-16(21(34)35)30-13-23/h2-3,10-11,16,20,30H,4-9,12-13H2,1H3,(H,34,35)(H2,29,31,32)/t16?,20-/m1/s1. The lowest BCUT2D eigenvalue weighted by atomic mass is 9.76. The van der Waals surface area contributed by atoms with E-state index in [1.165, 1.54) is 31.4 Å². The van der Waals surface area contributed by atoms with Gasteiger partial charge in [0.15, 0.2) is 0 Å². The molecule has 2 aliphatic heterocycles. The van der Waals surface area contributed by atoms with Gasteiger partial charge in [-0.25, -0.2) is 0 Å². The number of alkyl halides is 3. The molecule has 2 aromatic rings. The first kappa shape index (κ1) is 28.0. The van der Waals surface area contributed by atoms with Gasteiger partial charge >= 0.3 is 12.1 Å². The summed E-state index contributed by atoms with van der Waals surface area (Å²) in [4.78, 5) is 21.3. The third-order valence-electron chi connectivity index (χ3n) is 6.85. The lowest BCUT2D eigenvalue weighted by Gasteiger charge is -2.39. The van der Waals surface area contributed by atoms with E-state index in [1.54, 1.807) is 0 Å². The molecular weight excluding hydrogens is 531 g/mol. The summed E-state index contributed by atoms with van der Waals surface area (Å²) in [6.07, 6.45) is -5.31. The Morgan fingerprint density at radius 2 is 2.03 bits per heavy atom. The number of carboxylic acid groups (broad SMARTS) is 1. The molecule has 0 amide bonds. The molecule has 4 rings (SSSR count). The quantitative estimate of drug-likeness (QED) is 0.392. The summed E-state index contributed by atoms with van der Waals surface area (Å²) >= 11 is 6.00. The zero-order valence-corrected chi connectivity index (χ0v) is 21.4. The van der Waals surface area contributed by atoms with Crippen molar-refractivity contribution < 1.29 is 37.3 Å². The Balaban J connectivity index is 1.53. The van der Waals surface area contributed by atoms with Gasteiger partial charge in [0.1, 0.15) is 24.2 Å². The SMILES string of the molecule is COCCOc1cc(Cl)ccc1[C@@H](Oc1cc(N2CCC3(CC2)CNC(C(=O)O)C3)nc(N)n1)C(F)(F)F. The first-order valence-electron chi connectivity index (χ1n) is 12.0. The van der Waals surface area contributed by atoms with E-state index in [9.17, 15) is 23.1 Å². The van der Waals surface area contributed by atoms with E-state index in [0.717, 1.165) is 0 Å². The summed E-state index contributed by atoms with van der Waals surface area (Å²) in [6, 6.07) is 4.54. The molecule has 208 valence electrons. The zero-order chi connectivity index (χ0) is 27.5. The Labute approximate surface area is 222 Å². The predicted octanol–water partition coefficient (Wildman–Crippen LogP) is 3.45. The lowest BCUT2D eigenvalue weighted by Crippen LogP contribution is -2.41. The first-order valence-corrected chi connectivity index (χ1v) is 12.4. The van der Waals surface area contributed by atoms with E-state index in [1.807, 2.05) is 4.90 Å². The van der Waals surface area contributed by atoms with Crippen molar-refractivity contribution in [3.63, 3.8) is 0 Å². The molecule has 38 heavy (non-hydrogen) atoms. The number of aromatic nitrogens is 2. The van der Waals surface area contributed by atoms with Crippen LogP contribution in [0.2, 0.25) is 5.02 Å². The summed E-state index contributed by atoms with van der Waals surface area (Å²) in [5.74, 6) is -1.22. The molecule has 1 aromatic heterocycles. The fourth-order valence-corrected chi connectivity index (χ4v) is 5.01. The van der Waals surface area contributed by atoms with Crippen molar-refractivity contribution in [2.24, 2.45) is 5.41 Å². The molecule has 0 saturated carbocycles. The molecule has 3 heterocycles. The molecule has 1 spiro atoms. The van der Waals surface area contributed by atoms with Crippen molar-refractivity contribution >= 4 is 29.3 Å². The molecule has 2 atom stereocenters. The number of rotatable bonds is 9. The number of halogens is 4. The molecule has 1 unspecified atom stereocenters.